The van der Waals surface area contributed by atoms with E-state index < -0.39 is 0 Å². The Morgan fingerprint density at radius 3 is 2.65 bits per heavy atom. The van der Waals surface area contributed by atoms with Gasteiger partial charge in [-0.05, 0) is 20.3 Å². The van der Waals surface area contributed by atoms with Gasteiger partial charge in [0.05, 0.1) is 19.3 Å². The number of hydrogen-bond acceptors (Lipinski definition) is 3. The summed E-state index contributed by atoms with van der Waals surface area (Å²) in [4.78, 5) is 18.4. The van der Waals surface area contributed by atoms with Crippen LogP contribution in [0.25, 0.3) is 0 Å². The highest BCUT2D eigenvalue weighted by Crippen LogP contribution is 2.24. The molecule has 0 aliphatic carbocycles. The molecule has 0 unspecified atom stereocenters. The summed E-state index contributed by atoms with van der Waals surface area (Å²) >= 11 is 0. The van der Waals surface area contributed by atoms with Gasteiger partial charge in [-0.25, -0.2) is 0 Å². The molecule has 1 aromatic heterocycles. The van der Waals surface area contributed by atoms with Gasteiger partial charge in [-0.1, -0.05) is 20.3 Å². The molecule has 1 amide bonds. The first-order valence-electron chi connectivity index (χ1n) is 7.16. The number of rotatable bonds is 6. The Kier molecular flexibility index (Phi) is 5.99. The average molecular weight is 278 g/mol. The lowest BCUT2D eigenvalue weighted by Gasteiger charge is -2.22. The highest BCUT2D eigenvalue weighted by atomic mass is 16.5. The molecular formula is C16H26N2O2. The normalized spacial score (nSPS) is 12.1. The summed E-state index contributed by atoms with van der Waals surface area (Å²) in [5.41, 5.74) is 2.92. The van der Waals surface area contributed by atoms with Crippen molar-refractivity contribution in [3.05, 3.63) is 23.0 Å². The quantitative estimate of drug-likeness (QED) is 0.803. The Balaban J connectivity index is 2.86. The summed E-state index contributed by atoms with van der Waals surface area (Å²) in [5.74, 6) is 1.10. The number of ether oxygens (including phenoxy) is 1. The van der Waals surface area contributed by atoms with Gasteiger partial charge >= 0.3 is 0 Å². The van der Waals surface area contributed by atoms with E-state index in [1.165, 1.54) is 0 Å². The van der Waals surface area contributed by atoms with Gasteiger partial charge in [-0.2, -0.15) is 0 Å². The van der Waals surface area contributed by atoms with E-state index in [9.17, 15) is 4.79 Å². The Morgan fingerprint density at radius 1 is 1.45 bits per heavy atom. The van der Waals surface area contributed by atoms with E-state index in [0.29, 0.717) is 6.54 Å². The zero-order valence-corrected chi connectivity index (χ0v) is 13.5. The second-order valence-electron chi connectivity index (χ2n) is 5.43. The minimum absolute atomic E-state index is 0.0673. The molecule has 4 heteroatoms. The Labute approximate surface area is 122 Å². The van der Waals surface area contributed by atoms with Crippen LogP contribution in [-0.2, 0) is 11.3 Å². The molecule has 0 fully saturated rings. The third-order valence-electron chi connectivity index (χ3n) is 3.66. The minimum atomic E-state index is 0.0673. The Hall–Kier alpha value is -1.58. The van der Waals surface area contributed by atoms with E-state index in [1.54, 1.807) is 18.2 Å². The van der Waals surface area contributed by atoms with Crippen molar-refractivity contribution >= 4 is 5.91 Å². The lowest BCUT2D eigenvalue weighted by Crippen LogP contribution is -2.31. The van der Waals surface area contributed by atoms with Crippen LogP contribution >= 0.6 is 0 Å². The second kappa shape index (κ2) is 7.27. The number of carbonyl (C=O) groups is 1. The van der Waals surface area contributed by atoms with Gasteiger partial charge in [0.2, 0.25) is 5.91 Å². The van der Waals surface area contributed by atoms with Gasteiger partial charge < -0.3 is 9.64 Å². The largest absolute Gasteiger partial charge is 0.496 e. The van der Waals surface area contributed by atoms with E-state index in [4.69, 9.17) is 4.74 Å². The number of amides is 1. The van der Waals surface area contributed by atoms with Crippen LogP contribution in [0.3, 0.4) is 0 Å². The zero-order chi connectivity index (χ0) is 15.3. The smallest absolute Gasteiger partial charge is 0.225 e. The standard InChI is InChI=1S/C16H26N2O2/c1-7-8-11(2)16(19)18(5)10-14-13(4)15(20-6)12(3)9-17-14/h9,11H,7-8,10H2,1-6H3/t11-/m1/s1. The highest BCUT2D eigenvalue weighted by Gasteiger charge is 2.19. The van der Waals surface area contributed by atoms with E-state index in [-0.39, 0.29) is 11.8 Å². The molecule has 4 nitrogen and oxygen atoms in total. The summed E-state index contributed by atoms with van der Waals surface area (Å²) in [6, 6.07) is 0. The third kappa shape index (κ3) is 3.71. The molecule has 0 aliphatic heterocycles. The van der Waals surface area contributed by atoms with Crippen LogP contribution in [0.2, 0.25) is 0 Å². The number of carbonyl (C=O) groups excluding carboxylic acids is 1. The molecule has 0 radical (unpaired) electrons. The minimum Gasteiger partial charge on any atom is -0.496 e. The highest BCUT2D eigenvalue weighted by molar-refractivity contribution is 5.78. The molecule has 20 heavy (non-hydrogen) atoms. The van der Waals surface area contributed by atoms with Crippen LogP contribution in [-0.4, -0.2) is 29.9 Å². The number of aromatic nitrogens is 1. The molecule has 0 spiro atoms. The van der Waals surface area contributed by atoms with Gasteiger partial charge in [0.15, 0.2) is 0 Å². The number of nitrogens with zero attached hydrogens (tertiary/aromatic N) is 2. The van der Waals surface area contributed by atoms with Crippen LogP contribution in [0, 0.1) is 19.8 Å². The van der Waals surface area contributed by atoms with Crippen LogP contribution in [0.1, 0.15) is 43.5 Å². The van der Waals surface area contributed by atoms with Crippen molar-refractivity contribution in [2.24, 2.45) is 5.92 Å². The molecule has 112 valence electrons. The molecule has 0 aromatic carbocycles. The van der Waals surface area contributed by atoms with E-state index in [1.807, 2.05) is 27.8 Å². The van der Waals surface area contributed by atoms with Gasteiger partial charge in [0.25, 0.3) is 0 Å². The molecule has 0 saturated heterocycles. The predicted octanol–water partition coefficient (Wildman–Crippen LogP) is 3.10. The van der Waals surface area contributed by atoms with Gasteiger partial charge in [0.1, 0.15) is 5.75 Å². The van der Waals surface area contributed by atoms with E-state index in [0.717, 1.165) is 35.4 Å². The number of methoxy groups -OCH3 is 1. The van der Waals surface area contributed by atoms with Crippen LogP contribution in [0.4, 0.5) is 0 Å². The fourth-order valence-corrected chi connectivity index (χ4v) is 2.47. The molecule has 0 aliphatic rings. The maximum Gasteiger partial charge on any atom is 0.225 e. The topological polar surface area (TPSA) is 42.4 Å². The molecule has 1 aromatic rings. The number of hydrogen-bond donors (Lipinski definition) is 0. The Morgan fingerprint density at radius 2 is 2.10 bits per heavy atom. The average Bonchev–Trinajstić information content (AvgIpc) is 2.42. The van der Waals surface area contributed by atoms with Gasteiger partial charge in [-0.3, -0.25) is 9.78 Å². The molecule has 0 bridgehead atoms. The molecule has 0 N–H and O–H groups in total. The number of pyridine rings is 1. The molecule has 1 heterocycles. The first kappa shape index (κ1) is 16.5. The summed E-state index contributed by atoms with van der Waals surface area (Å²) in [6.45, 7) is 8.57. The summed E-state index contributed by atoms with van der Waals surface area (Å²) < 4.78 is 5.40. The van der Waals surface area contributed by atoms with Crippen molar-refractivity contribution in [1.29, 1.82) is 0 Å². The van der Waals surface area contributed by atoms with E-state index >= 15 is 0 Å². The maximum absolute atomic E-state index is 12.2. The van der Waals surface area contributed by atoms with Crippen LogP contribution < -0.4 is 4.74 Å². The molecular weight excluding hydrogens is 252 g/mol. The maximum atomic E-state index is 12.2. The van der Waals surface area contributed by atoms with Crippen LogP contribution in [0.15, 0.2) is 6.20 Å². The van der Waals surface area contributed by atoms with E-state index in [2.05, 4.69) is 11.9 Å². The second-order valence-corrected chi connectivity index (χ2v) is 5.43. The summed E-state index contributed by atoms with van der Waals surface area (Å²) in [7, 11) is 3.50. The first-order valence-corrected chi connectivity index (χ1v) is 7.16. The van der Waals surface area contributed by atoms with Crippen molar-refractivity contribution in [3.63, 3.8) is 0 Å². The van der Waals surface area contributed by atoms with Crippen molar-refractivity contribution in [2.45, 2.75) is 47.1 Å². The molecule has 0 saturated carbocycles. The number of aryl methyl sites for hydroxylation is 1. The predicted molar refractivity (Wildman–Crippen MR) is 80.8 cm³/mol. The van der Waals surface area contributed by atoms with Crippen molar-refractivity contribution in [3.8, 4) is 5.75 Å². The SMILES string of the molecule is CCC[C@@H](C)C(=O)N(C)Cc1ncc(C)c(OC)c1C. The summed E-state index contributed by atoms with van der Waals surface area (Å²) in [5, 5.41) is 0. The lowest BCUT2D eigenvalue weighted by atomic mass is 10.0. The lowest BCUT2D eigenvalue weighted by molar-refractivity contribution is -0.134. The third-order valence-corrected chi connectivity index (χ3v) is 3.66. The fraction of sp³-hybridized carbons (Fsp3) is 0.625. The van der Waals surface area contributed by atoms with Gasteiger partial charge in [-0.15, -0.1) is 0 Å². The summed E-state index contributed by atoms with van der Waals surface area (Å²) in [6.07, 6.45) is 3.75. The van der Waals surface area contributed by atoms with Crippen molar-refractivity contribution in [1.82, 2.24) is 9.88 Å². The van der Waals surface area contributed by atoms with Crippen molar-refractivity contribution in [2.75, 3.05) is 14.2 Å². The Bertz CT molecular complexity index is 472. The molecule has 1 atom stereocenters. The molecule has 1 rings (SSSR count). The fourth-order valence-electron chi connectivity index (χ4n) is 2.47. The zero-order valence-electron chi connectivity index (χ0n) is 13.5. The monoisotopic (exact) mass is 278 g/mol. The first-order chi connectivity index (χ1) is 9.42. The van der Waals surface area contributed by atoms with Crippen LogP contribution in [0.5, 0.6) is 5.75 Å². The van der Waals surface area contributed by atoms with Crippen molar-refractivity contribution < 1.29 is 9.53 Å². The van der Waals surface area contributed by atoms with Gasteiger partial charge in [0, 0.05) is 30.3 Å².